The molecule has 1 aliphatic heterocycles. The standard InChI is InChI=1S/C17H17IN2O/c18-14-8-2-3-9-15(14)19-17(21)12-20-11-5-7-13-6-1-4-10-16(13)20/h1-4,6,8-10H,5,7,11-12H2,(H,19,21). The second-order valence-electron chi connectivity index (χ2n) is 5.18. The van der Waals surface area contributed by atoms with Crippen molar-refractivity contribution in [3.05, 3.63) is 57.7 Å². The van der Waals surface area contributed by atoms with Gasteiger partial charge >= 0.3 is 0 Å². The first-order valence-corrected chi connectivity index (χ1v) is 8.19. The summed E-state index contributed by atoms with van der Waals surface area (Å²) in [5.74, 6) is 0.0378. The molecule has 0 fully saturated rings. The summed E-state index contributed by atoms with van der Waals surface area (Å²) in [6.07, 6.45) is 2.21. The van der Waals surface area contributed by atoms with Crippen molar-refractivity contribution in [2.75, 3.05) is 23.3 Å². The van der Waals surface area contributed by atoms with Gasteiger partial charge in [0.1, 0.15) is 0 Å². The number of hydrogen-bond donors (Lipinski definition) is 1. The summed E-state index contributed by atoms with van der Waals surface area (Å²) < 4.78 is 1.06. The molecular weight excluding hydrogens is 375 g/mol. The minimum atomic E-state index is 0.0378. The van der Waals surface area contributed by atoms with Gasteiger partial charge in [-0.1, -0.05) is 30.3 Å². The zero-order valence-electron chi connectivity index (χ0n) is 11.7. The second-order valence-corrected chi connectivity index (χ2v) is 6.34. The number of rotatable bonds is 3. The van der Waals surface area contributed by atoms with Crippen LogP contribution in [0.15, 0.2) is 48.5 Å². The molecule has 0 saturated carbocycles. The van der Waals surface area contributed by atoms with E-state index < -0.39 is 0 Å². The predicted molar refractivity (Wildman–Crippen MR) is 94.8 cm³/mol. The highest BCUT2D eigenvalue weighted by molar-refractivity contribution is 14.1. The van der Waals surface area contributed by atoms with Crippen molar-refractivity contribution in [1.82, 2.24) is 0 Å². The van der Waals surface area contributed by atoms with E-state index in [1.807, 2.05) is 30.3 Å². The van der Waals surface area contributed by atoms with Gasteiger partial charge in [0.05, 0.1) is 12.2 Å². The number of nitrogens with one attached hydrogen (secondary N) is 1. The van der Waals surface area contributed by atoms with Crippen molar-refractivity contribution in [1.29, 1.82) is 0 Å². The smallest absolute Gasteiger partial charge is 0.243 e. The molecule has 0 bridgehead atoms. The summed E-state index contributed by atoms with van der Waals surface area (Å²) in [6.45, 7) is 1.35. The number of benzene rings is 2. The van der Waals surface area contributed by atoms with Crippen LogP contribution in [-0.2, 0) is 11.2 Å². The fraction of sp³-hybridized carbons (Fsp3) is 0.235. The average molecular weight is 392 g/mol. The highest BCUT2D eigenvalue weighted by atomic mass is 127. The van der Waals surface area contributed by atoms with Crippen molar-refractivity contribution in [3.8, 4) is 0 Å². The molecule has 0 aromatic heterocycles. The molecule has 4 heteroatoms. The van der Waals surface area contributed by atoms with E-state index in [4.69, 9.17) is 0 Å². The van der Waals surface area contributed by atoms with Crippen LogP contribution in [0.2, 0.25) is 0 Å². The van der Waals surface area contributed by atoms with E-state index in [1.54, 1.807) is 0 Å². The summed E-state index contributed by atoms with van der Waals surface area (Å²) in [7, 11) is 0. The van der Waals surface area contributed by atoms with Gasteiger partial charge in [-0.3, -0.25) is 4.79 Å². The molecule has 108 valence electrons. The van der Waals surface area contributed by atoms with Gasteiger partial charge in [-0.05, 0) is 59.2 Å². The largest absolute Gasteiger partial charge is 0.362 e. The lowest BCUT2D eigenvalue weighted by Gasteiger charge is -2.30. The van der Waals surface area contributed by atoms with Crippen LogP contribution in [-0.4, -0.2) is 19.0 Å². The molecule has 1 heterocycles. The number of hydrogen-bond acceptors (Lipinski definition) is 2. The molecule has 1 amide bonds. The lowest BCUT2D eigenvalue weighted by molar-refractivity contribution is -0.115. The third kappa shape index (κ3) is 3.37. The Morgan fingerprint density at radius 1 is 1.14 bits per heavy atom. The molecule has 2 aromatic carbocycles. The molecule has 1 aliphatic rings. The van der Waals surface area contributed by atoms with E-state index in [-0.39, 0.29) is 5.91 Å². The normalized spacial score (nSPS) is 13.7. The van der Waals surface area contributed by atoms with Crippen LogP contribution in [0, 0.1) is 3.57 Å². The summed E-state index contributed by atoms with van der Waals surface area (Å²) >= 11 is 2.24. The Morgan fingerprint density at radius 2 is 1.90 bits per heavy atom. The van der Waals surface area contributed by atoms with Gasteiger partial charge in [0.25, 0.3) is 0 Å². The molecule has 0 radical (unpaired) electrons. The van der Waals surface area contributed by atoms with Crippen LogP contribution in [0.5, 0.6) is 0 Å². The average Bonchev–Trinajstić information content (AvgIpc) is 2.50. The van der Waals surface area contributed by atoms with E-state index in [2.05, 4.69) is 51.0 Å². The van der Waals surface area contributed by atoms with Crippen LogP contribution >= 0.6 is 22.6 Å². The van der Waals surface area contributed by atoms with Crippen LogP contribution in [0.3, 0.4) is 0 Å². The first-order valence-electron chi connectivity index (χ1n) is 7.11. The molecule has 3 rings (SSSR count). The number of amides is 1. The van der Waals surface area contributed by atoms with E-state index >= 15 is 0 Å². The Labute approximate surface area is 138 Å². The summed E-state index contributed by atoms with van der Waals surface area (Å²) in [6, 6.07) is 16.2. The molecule has 0 unspecified atom stereocenters. The maximum Gasteiger partial charge on any atom is 0.243 e. The number of carbonyl (C=O) groups excluding carboxylic acids is 1. The topological polar surface area (TPSA) is 32.3 Å². The number of anilines is 2. The molecule has 1 N–H and O–H groups in total. The molecule has 0 spiro atoms. The van der Waals surface area contributed by atoms with Crippen LogP contribution in [0.4, 0.5) is 11.4 Å². The number of fused-ring (bicyclic) bond motifs is 1. The maximum atomic E-state index is 12.3. The van der Waals surface area contributed by atoms with Gasteiger partial charge in [-0.2, -0.15) is 0 Å². The fourth-order valence-electron chi connectivity index (χ4n) is 2.70. The fourth-order valence-corrected chi connectivity index (χ4v) is 3.22. The summed E-state index contributed by atoms with van der Waals surface area (Å²) in [4.78, 5) is 14.5. The molecule has 3 nitrogen and oxygen atoms in total. The third-order valence-corrected chi connectivity index (χ3v) is 4.63. The monoisotopic (exact) mass is 392 g/mol. The van der Waals surface area contributed by atoms with Gasteiger partial charge < -0.3 is 10.2 Å². The third-order valence-electron chi connectivity index (χ3n) is 3.69. The number of nitrogens with zero attached hydrogens (tertiary/aromatic N) is 1. The Hall–Kier alpha value is -1.56. The Morgan fingerprint density at radius 3 is 2.76 bits per heavy atom. The Kier molecular flexibility index (Phi) is 4.43. The number of halogens is 1. The molecule has 21 heavy (non-hydrogen) atoms. The van der Waals surface area contributed by atoms with Crippen molar-refractivity contribution in [2.45, 2.75) is 12.8 Å². The maximum absolute atomic E-state index is 12.3. The minimum absolute atomic E-state index is 0.0378. The van der Waals surface area contributed by atoms with Crippen molar-refractivity contribution in [2.24, 2.45) is 0 Å². The van der Waals surface area contributed by atoms with E-state index in [0.717, 1.165) is 28.6 Å². The first kappa shape index (κ1) is 14.4. The summed E-state index contributed by atoms with van der Waals surface area (Å²) in [5.41, 5.74) is 3.42. The lowest BCUT2D eigenvalue weighted by Crippen LogP contribution is -2.36. The Balaban J connectivity index is 1.70. The number of carbonyl (C=O) groups is 1. The highest BCUT2D eigenvalue weighted by Gasteiger charge is 2.18. The predicted octanol–water partition coefficient (Wildman–Crippen LogP) is 3.68. The molecular formula is C17H17IN2O. The van der Waals surface area contributed by atoms with Crippen LogP contribution in [0.25, 0.3) is 0 Å². The van der Waals surface area contributed by atoms with Gasteiger partial charge in [0, 0.05) is 15.8 Å². The number of aryl methyl sites for hydroxylation is 1. The summed E-state index contributed by atoms with van der Waals surface area (Å²) in [5, 5.41) is 3.00. The Bertz CT molecular complexity index is 657. The van der Waals surface area contributed by atoms with Crippen molar-refractivity contribution in [3.63, 3.8) is 0 Å². The van der Waals surface area contributed by atoms with Crippen molar-refractivity contribution < 1.29 is 4.79 Å². The van der Waals surface area contributed by atoms with Crippen LogP contribution in [0.1, 0.15) is 12.0 Å². The SMILES string of the molecule is O=C(CN1CCCc2ccccc21)Nc1ccccc1I. The quantitative estimate of drug-likeness (QED) is 0.809. The van der Waals surface area contributed by atoms with E-state index in [9.17, 15) is 4.79 Å². The van der Waals surface area contributed by atoms with Gasteiger partial charge in [-0.15, -0.1) is 0 Å². The van der Waals surface area contributed by atoms with Gasteiger partial charge in [0.15, 0.2) is 0 Å². The lowest BCUT2D eigenvalue weighted by atomic mass is 10.0. The van der Waals surface area contributed by atoms with Gasteiger partial charge in [0.2, 0.25) is 5.91 Å². The highest BCUT2D eigenvalue weighted by Crippen LogP contribution is 2.26. The second kappa shape index (κ2) is 6.47. The van der Waals surface area contributed by atoms with Gasteiger partial charge in [-0.25, -0.2) is 0 Å². The minimum Gasteiger partial charge on any atom is -0.362 e. The zero-order valence-corrected chi connectivity index (χ0v) is 13.8. The molecule has 0 atom stereocenters. The van der Waals surface area contributed by atoms with E-state index in [1.165, 1.54) is 11.3 Å². The zero-order chi connectivity index (χ0) is 14.7. The van der Waals surface area contributed by atoms with Crippen LogP contribution < -0.4 is 10.2 Å². The number of para-hydroxylation sites is 2. The molecule has 0 saturated heterocycles. The first-order chi connectivity index (χ1) is 10.2. The molecule has 2 aromatic rings. The van der Waals surface area contributed by atoms with E-state index in [0.29, 0.717) is 6.54 Å². The molecule has 0 aliphatic carbocycles. The van der Waals surface area contributed by atoms with Crippen molar-refractivity contribution >= 4 is 39.9 Å².